The van der Waals surface area contributed by atoms with E-state index in [1.165, 1.54) is 6.42 Å². The summed E-state index contributed by atoms with van der Waals surface area (Å²) in [6.07, 6.45) is 9.09. The first-order valence-corrected chi connectivity index (χ1v) is 12.1. The number of nitrogens with one attached hydrogen (secondary N) is 2. The van der Waals surface area contributed by atoms with Crippen LogP contribution in [-0.4, -0.2) is 77.2 Å². The summed E-state index contributed by atoms with van der Waals surface area (Å²) in [5.74, 6) is 0.00902. The molecule has 2 atom stereocenters. The number of hydrogen-bond donors (Lipinski definition) is 2. The topological polar surface area (TPSA) is 86.2 Å². The third-order valence-electron chi connectivity index (χ3n) is 7.14. The molecule has 2 fully saturated rings. The van der Waals surface area contributed by atoms with Crippen molar-refractivity contribution in [2.75, 3.05) is 33.2 Å². The van der Waals surface area contributed by atoms with E-state index in [1.807, 2.05) is 50.9 Å². The number of carbonyl (C=O) groups excluding carboxylic acids is 3. The normalized spacial score (nSPS) is 19.3. The number of amides is 3. The number of likely N-dealkylation sites (N-methyl/N-ethyl adjacent to an activating group) is 1. The zero-order valence-electron chi connectivity index (χ0n) is 19.6. The second kappa shape index (κ2) is 10.4. The summed E-state index contributed by atoms with van der Waals surface area (Å²) < 4.78 is 1.94. The lowest BCUT2D eigenvalue weighted by Crippen LogP contribution is -2.59. The van der Waals surface area contributed by atoms with Gasteiger partial charge in [0.1, 0.15) is 6.04 Å². The maximum Gasteiger partial charge on any atom is 0.255 e. The van der Waals surface area contributed by atoms with Crippen LogP contribution >= 0.6 is 0 Å². The average Bonchev–Trinajstić information content (AvgIpc) is 3.31. The van der Waals surface area contributed by atoms with E-state index in [4.69, 9.17) is 0 Å². The van der Waals surface area contributed by atoms with Gasteiger partial charge in [-0.2, -0.15) is 0 Å². The Morgan fingerprint density at radius 2 is 1.70 bits per heavy atom. The minimum atomic E-state index is -0.493. The Balaban J connectivity index is 1.40. The Labute approximate surface area is 195 Å². The van der Waals surface area contributed by atoms with Gasteiger partial charge in [0.25, 0.3) is 5.91 Å². The number of aromatic nitrogens is 1. The molecule has 0 bridgehead atoms. The van der Waals surface area contributed by atoms with Gasteiger partial charge in [-0.05, 0) is 50.9 Å². The molecular formula is C25H35N5O3. The van der Waals surface area contributed by atoms with Crippen LogP contribution in [0.3, 0.4) is 0 Å². The van der Waals surface area contributed by atoms with E-state index in [2.05, 4.69) is 10.6 Å². The molecular weight excluding hydrogens is 418 g/mol. The summed E-state index contributed by atoms with van der Waals surface area (Å²) in [6.45, 7) is 3.76. The van der Waals surface area contributed by atoms with E-state index < -0.39 is 6.04 Å². The van der Waals surface area contributed by atoms with Gasteiger partial charge in [0.2, 0.25) is 11.8 Å². The number of pyridine rings is 1. The van der Waals surface area contributed by atoms with Crippen molar-refractivity contribution in [2.24, 2.45) is 5.92 Å². The fraction of sp³-hybridized carbons (Fsp3) is 0.560. The number of rotatable bonds is 6. The first-order chi connectivity index (χ1) is 16.0. The Hall–Kier alpha value is -2.87. The van der Waals surface area contributed by atoms with Crippen molar-refractivity contribution in [1.29, 1.82) is 0 Å². The van der Waals surface area contributed by atoms with Gasteiger partial charge in [-0.1, -0.05) is 25.3 Å². The number of piperazine rings is 1. The van der Waals surface area contributed by atoms with Crippen molar-refractivity contribution >= 4 is 23.2 Å². The maximum atomic E-state index is 13.5. The van der Waals surface area contributed by atoms with Gasteiger partial charge < -0.3 is 24.8 Å². The van der Waals surface area contributed by atoms with Gasteiger partial charge in [-0.25, -0.2) is 0 Å². The predicted molar refractivity (Wildman–Crippen MR) is 127 cm³/mol. The van der Waals surface area contributed by atoms with Crippen molar-refractivity contribution in [3.63, 3.8) is 0 Å². The monoisotopic (exact) mass is 453 g/mol. The van der Waals surface area contributed by atoms with Crippen molar-refractivity contribution in [3.8, 4) is 0 Å². The molecule has 1 saturated carbocycles. The number of fused-ring (bicyclic) bond motifs is 1. The van der Waals surface area contributed by atoms with Gasteiger partial charge in [-0.3, -0.25) is 14.4 Å². The Bertz CT molecular complexity index is 956. The third-order valence-corrected chi connectivity index (χ3v) is 7.14. The van der Waals surface area contributed by atoms with Crippen molar-refractivity contribution in [2.45, 2.75) is 51.1 Å². The molecule has 1 saturated heterocycles. The molecule has 33 heavy (non-hydrogen) atoms. The van der Waals surface area contributed by atoms with E-state index in [9.17, 15) is 14.4 Å². The zero-order valence-corrected chi connectivity index (χ0v) is 19.6. The molecule has 178 valence electrons. The predicted octanol–water partition coefficient (Wildman–Crippen LogP) is 1.90. The molecule has 2 aromatic rings. The largest absolute Gasteiger partial charge is 0.343 e. The molecule has 0 unspecified atom stereocenters. The van der Waals surface area contributed by atoms with Crippen LogP contribution in [0.5, 0.6) is 0 Å². The van der Waals surface area contributed by atoms with Crippen molar-refractivity contribution in [1.82, 2.24) is 24.8 Å². The van der Waals surface area contributed by atoms with Crippen LogP contribution in [-0.2, 0) is 9.59 Å². The van der Waals surface area contributed by atoms with Gasteiger partial charge in [0.15, 0.2) is 0 Å². The molecule has 4 rings (SSSR count). The van der Waals surface area contributed by atoms with Gasteiger partial charge in [0.05, 0.1) is 11.6 Å². The molecule has 2 aromatic heterocycles. The summed E-state index contributed by atoms with van der Waals surface area (Å²) >= 11 is 0. The zero-order chi connectivity index (χ0) is 23.4. The molecule has 0 aromatic carbocycles. The average molecular weight is 454 g/mol. The van der Waals surface area contributed by atoms with Crippen molar-refractivity contribution in [3.05, 3.63) is 42.2 Å². The molecule has 2 aliphatic rings. The van der Waals surface area contributed by atoms with Crippen LogP contribution in [0.25, 0.3) is 5.52 Å². The van der Waals surface area contributed by atoms with Crippen LogP contribution in [0.4, 0.5) is 0 Å². The molecule has 8 nitrogen and oxygen atoms in total. The molecule has 1 aliphatic heterocycles. The summed E-state index contributed by atoms with van der Waals surface area (Å²) in [6, 6.07) is 6.92. The highest BCUT2D eigenvalue weighted by Crippen LogP contribution is 2.28. The Morgan fingerprint density at radius 1 is 1.00 bits per heavy atom. The van der Waals surface area contributed by atoms with E-state index in [-0.39, 0.29) is 29.7 Å². The van der Waals surface area contributed by atoms with E-state index in [0.29, 0.717) is 31.7 Å². The molecule has 8 heteroatoms. The van der Waals surface area contributed by atoms with E-state index in [0.717, 1.165) is 31.2 Å². The molecule has 3 amide bonds. The first kappa shape index (κ1) is 23.3. The smallest absolute Gasteiger partial charge is 0.255 e. The summed E-state index contributed by atoms with van der Waals surface area (Å²) in [7, 11) is 1.74. The lowest BCUT2D eigenvalue weighted by atomic mass is 9.83. The fourth-order valence-corrected chi connectivity index (χ4v) is 4.94. The lowest BCUT2D eigenvalue weighted by Gasteiger charge is -2.39. The molecule has 3 heterocycles. The van der Waals surface area contributed by atoms with Crippen LogP contribution in [0.1, 0.15) is 49.4 Å². The fourth-order valence-electron chi connectivity index (χ4n) is 4.94. The van der Waals surface area contributed by atoms with Crippen LogP contribution in [0.15, 0.2) is 36.7 Å². The van der Waals surface area contributed by atoms with Crippen LogP contribution in [0.2, 0.25) is 0 Å². The molecule has 0 spiro atoms. The Morgan fingerprint density at radius 3 is 2.36 bits per heavy atom. The standard InChI is InChI=1S/C25H35N5O3/c1-18(26-2)23(31)27-22(19-8-4-3-5-9-19)25(33)29-14-12-28(13-15-29)24(32)20-16-21-10-6-7-11-30(21)17-20/h6-7,10-11,16-19,22,26H,3-5,8-9,12-15H2,1-2H3,(H,27,31)/t18-,22-/m0/s1. The summed E-state index contributed by atoms with van der Waals surface area (Å²) in [5.41, 5.74) is 1.64. The number of nitrogens with zero attached hydrogens (tertiary/aromatic N) is 3. The highest BCUT2D eigenvalue weighted by molar-refractivity contribution is 5.96. The van der Waals surface area contributed by atoms with Gasteiger partial charge in [-0.15, -0.1) is 0 Å². The summed E-state index contributed by atoms with van der Waals surface area (Å²) in [5, 5.41) is 5.99. The van der Waals surface area contributed by atoms with Crippen LogP contribution in [0, 0.1) is 5.92 Å². The van der Waals surface area contributed by atoms with Crippen LogP contribution < -0.4 is 10.6 Å². The quantitative estimate of drug-likeness (QED) is 0.700. The SMILES string of the molecule is CN[C@@H](C)C(=O)N[C@H](C(=O)N1CCN(C(=O)c2cc3ccccn3c2)CC1)C1CCCCC1. The number of carbonyl (C=O) groups is 3. The molecule has 2 N–H and O–H groups in total. The van der Waals surface area contributed by atoms with Gasteiger partial charge >= 0.3 is 0 Å². The lowest BCUT2D eigenvalue weighted by molar-refractivity contribution is -0.140. The molecule has 0 radical (unpaired) electrons. The number of hydrogen-bond acceptors (Lipinski definition) is 4. The van der Waals surface area contributed by atoms with Crippen molar-refractivity contribution < 1.29 is 14.4 Å². The molecule has 1 aliphatic carbocycles. The summed E-state index contributed by atoms with van der Waals surface area (Å²) in [4.78, 5) is 42.7. The maximum absolute atomic E-state index is 13.5. The van der Waals surface area contributed by atoms with Gasteiger partial charge in [0, 0.05) is 44.1 Å². The highest BCUT2D eigenvalue weighted by Gasteiger charge is 2.36. The second-order valence-electron chi connectivity index (χ2n) is 9.27. The minimum absolute atomic E-state index is 0.00854. The minimum Gasteiger partial charge on any atom is -0.343 e. The Kier molecular flexibility index (Phi) is 7.33. The second-order valence-corrected chi connectivity index (χ2v) is 9.27. The van der Waals surface area contributed by atoms with E-state index in [1.54, 1.807) is 14.0 Å². The van der Waals surface area contributed by atoms with E-state index >= 15 is 0 Å². The highest BCUT2D eigenvalue weighted by atomic mass is 16.2. The first-order valence-electron chi connectivity index (χ1n) is 12.1. The third kappa shape index (κ3) is 5.21.